The fourth-order valence-electron chi connectivity index (χ4n) is 5.36. The zero-order valence-corrected chi connectivity index (χ0v) is 21.0. The summed E-state index contributed by atoms with van der Waals surface area (Å²) in [5, 5.41) is 3.66. The molecule has 1 aromatic heterocycles. The summed E-state index contributed by atoms with van der Waals surface area (Å²) >= 11 is 0. The lowest BCUT2D eigenvalue weighted by molar-refractivity contribution is 0.190. The van der Waals surface area contributed by atoms with Gasteiger partial charge in [0.2, 0.25) is 5.95 Å². The summed E-state index contributed by atoms with van der Waals surface area (Å²) in [7, 11) is 0. The third-order valence-electron chi connectivity index (χ3n) is 7.21. The lowest BCUT2D eigenvalue weighted by atomic mass is 9.96. The first kappa shape index (κ1) is 24.0. The van der Waals surface area contributed by atoms with Crippen LogP contribution in [0.4, 0.5) is 11.8 Å². The van der Waals surface area contributed by atoms with Crippen LogP contribution in [0.15, 0.2) is 36.5 Å². The quantitative estimate of drug-likeness (QED) is 0.557. The monoisotopic (exact) mass is 449 g/mol. The van der Waals surface area contributed by atoms with Crippen molar-refractivity contribution < 1.29 is 0 Å². The van der Waals surface area contributed by atoms with E-state index in [4.69, 9.17) is 4.98 Å². The van der Waals surface area contributed by atoms with Gasteiger partial charge in [-0.15, -0.1) is 0 Å². The van der Waals surface area contributed by atoms with Crippen molar-refractivity contribution in [2.24, 2.45) is 5.92 Å². The Morgan fingerprint density at radius 2 is 1.70 bits per heavy atom. The summed E-state index contributed by atoms with van der Waals surface area (Å²) in [5.41, 5.74) is 2.88. The van der Waals surface area contributed by atoms with Crippen molar-refractivity contribution in [2.75, 3.05) is 42.9 Å². The van der Waals surface area contributed by atoms with E-state index in [1.807, 2.05) is 6.20 Å². The average Bonchev–Trinajstić information content (AvgIpc) is 3.09. The van der Waals surface area contributed by atoms with Crippen molar-refractivity contribution in [3.05, 3.63) is 47.7 Å². The van der Waals surface area contributed by atoms with Gasteiger partial charge in [0.05, 0.1) is 0 Å². The number of aromatic nitrogens is 2. The topological polar surface area (TPSA) is 44.3 Å². The van der Waals surface area contributed by atoms with E-state index in [0.29, 0.717) is 17.9 Å². The highest BCUT2D eigenvalue weighted by atomic mass is 15.2. The molecule has 0 spiro atoms. The van der Waals surface area contributed by atoms with Gasteiger partial charge in [0.1, 0.15) is 5.82 Å². The number of piperidine rings is 1. The number of anilines is 2. The van der Waals surface area contributed by atoms with Gasteiger partial charge in [-0.3, -0.25) is 0 Å². The predicted molar refractivity (Wildman–Crippen MR) is 139 cm³/mol. The maximum absolute atomic E-state index is 4.88. The van der Waals surface area contributed by atoms with Crippen LogP contribution >= 0.6 is 0 Å². The SMILES string of the molecule is CC(Cc1ccc(C(C)C)cc1)CN1CCCC(Nc2nccc(N3CCCCCC3)n2)C1. The fourth-order valence-corrected chi connectivity index (χ4v) is 5.36. The van der Waals surface area contributed by atoms with Gasteiger partial charge in [0, 0.05) is 38.4 Å². The smallest absolute Gasteiger partial charge is 0.224 e. The first-order valence-electron chi connectivity index (χ1n) is 13.2. The van der Waals surface area contributed by atoms with Crippen LogP contribution in [0.1, 0.15) is 76.3 Å². The Balaban J connectivity index is 1.28. The molecule has 0 aliphatic carbocycles. The number of rotatable bonds is 8. The second kappa shape index (κ2) is 11.8. The molecule has 1 aromatic carbocycles. The Kier molecular flexibility index (Phi) is 8.60. The third kappa shape index (κ3) is 7.17. The van der Waals surface area contributed by atoms with E-state index in [1.54, 1.807) is 0 Å². The van der Waals surface area contributed by atoms with Crippen LogP contribution in [0.2, 0.25) is 0 Å². The molecule has 2 atom stereocenters. The maximum Gasteiger partial charge on any atom is 0.224 e. The number of likely N-dealkylation sites (tertiary alicyclic amines) is 1. The van der Waals surface area contributed by atoms with Crippen LogP contribution in [0.25, 0.3) is 0 Å². The molecule has 5 nitrogen and oxygen atoms in total. The summed E-state index contributed by atoms with van der Waals surface area (Å²) in [6.07, 6.45) is 10.7. The molecule has 4 rings (SSSR count). The maximum atomic E-state index is 4.88. The first-order valence-corrected chi connectivity index (χ1v) is 13.2. The van der Waals surface area contributed by atoms with Gasteiger partial charge < -0.3 is 15.1 Å². The Hall–Kier alpha value is -2.14. The summed E-state index contributed by atoms with van der Waals surface area (Å²) in [4.78, 5) is 14.5. The van der Waals surface area contributed by atoms with E-state index in [2.05, 4.69) is 71.2 Å². The van der Waals surface area contributed by atoms with Crippen LogP contribution < -0.4 is 10.2 Å². The summed E-state index contributed by atoms with van der Waals surface area (Å²) in [5.74, 6) is 3.13. The molecule has 180 valence electrons. The van der Waals surface area contributed by atoms with Crippen molar-refractivity contribution in [1.82, 2.24) is 14.9 Å². The number of nitrogens with zero attached hydrogens (tertiary/aromatic N) is 4. The number of nitrogens with one attached hydrogen (secondary N) is 1. The highest BCUT2D eigenvalue weighted by Gasteiger charge is 2.22. The highest BCUT2D eigenvalue weighted by Crippen LogP contribution is 2.21. The molecule has 2 aliphatic rings. The lowest BCUT2D eigenvalue weighted by Gasteiger charge is -2.34. The molecule has 0 amide bonds. The van der Waals surface area contributed by atoms with Crippen molar-refractivity contribution in [1.29, 1.82) is 0 Å². The van der Waals surface area contributed by atoms with E-state index < -0.39 is 0 Å². The van der Waals surface area contributed by atoms with E-state index in [1.165, 1.54) is 56.2 Å². The molecule has 1 N–H and O–H groups in total. The zero-order valence-electron chi connectivity index (χ0n) is 21.0. The molecule has 0 radical (unpaired) electrons. The van der Waals surface area contributed by atoms with Crippen LogP contribution in [-0.4, -0.2) is 53.6 Å². The average molecular weight is 450 g/mol. The van der Waals surface area contributed by atoms with Crippen LogP contribution in [0, 0.1) is 5.92 Å². The molecule has 2 saturated heterocycles. The van der Waals surface area contributed by atoms with Crippen LogP contribution in [0.3, 0.4) is 0 Å². The lowest BCUT2D eigenvalue weighted by Crippen LogP contribution is -2.44. The van der Waals surface area contributed by atoms with Gasteiger partial charge in [0.15, 0.2) is 0 Å². The van der Waals surface area contributed by atoms with Gasteiger partial charge in [-0.1, -0.05) is 57.9 Å². The molecule has 2 aromatic rings. The van der Waals surface area contributed by atoms with Gasteiger partial charge in [-0.25, -0.2) is 4.98 Å². The Morgan fingerprint density at radius 3 is 2.42 bits per heavy atom. The second-order valence-electron chi connectivity index (χ2n) is 10.6. The molecular weight excluding hydrogens is 406 g/mol. The minimum atomic E-state index is 0.427. The minimum absolute atomic E-state index is 0.427. The minimum Gasteiger partial charge on any atom is -0.356 e. The third-order valence-corrected chi connectivity index (χ3v) is 7.21. The molecule has 2 aliphatic heterocycles. The van der Waals surface area contributed by atoms with E-state index >= 15 is 0 Å². The van der Waals surface area contributed by atoms with Gasteiger partial charge in [0.25, 0.3) is 0 Å². The molecule has 0 bridgehead atoms. The Morgan fingerprint density at radius 1 is 0.939 bits per heavy atom. The predicted octanol–water partition coefficient (Wildman–Crippen LogP) is 5.74. The summed E-state index contributed by atoms with van der Waals surface area (Å²) in [6.45, 7) is 12.6. The molecule has 2 unspecified atom stereocenters. The number of benzene rings is 1. The normalized spacial score (nSPS) is 21.1. The first-order chi connectivity index (χ1) is 16.1. The molecule has 0 saturated carbocycles. The van der Waals surface area contributed by atoms with E-state index in [0.717, 1.165) is 44.4 Å². The fraction of sp³-hybridized carbons (Fsp3) is 0.643. The largest absolute Gasteiger partial charge is 0.356 e. The van der Waals surface area contributed by atoms with Crippen molar-refractivity contribution in [2.45, 2.75) is 77.7 Å². The summed E-state index contributed by atoms with van der Waals surface area (Å²) < 4.78 is 0. The van der Waals surface area contributed by atoms with Crippen molar-refractivity contribution >= 4 is 11.8 Å². The molecule has 5 heteroatoms. The highest BCUT2D eigenvalue weighted by molar-refractivity contribution is 5.43. The second-order valence-corrected chi connectivity index (χ2v) is 10.6. The Bertz CT molecular complexity index is 842. The van der Waals surface area contributed by atoms with Gasteiger partial charge in [-0.2, -0.15) is 4.98 Å². The molecule has 33 heavy (non-hydrogen) atoms. The zero-order chi connectivity index (χ0) is 23.0. The number of hydrogen-bond donors (Lipinski definition) is 1. The molecule has 2 fully saturated rings. The molecular formula is C28H43N5. The Labute approximate surface area is 201 Å². The van der Waals surface area contributed by atoms with Gasteiger partial charge in [-0.05, 0) is 67.7 Å². The standard InChI is InChI=1S/C28H43N5/c1-22(2)25-12-10-24(11-13-25)19-23(3)20-32-16-8-9-26(21-32)30-28-29-15-14-27(31-28)33-17-6-4-5-7-18-33/h10-15,22-23,26H,4-9,16-21H2,1-3H3,(H,29,30,31). The number of hydrogen-bond acceptors (Lipinski definition) is 5. The summed E-state index contributed by atoms with van der Waals surface area (Å²) in [6, 6.07) is 11.7. The molecule has 3 heterocycles. The van der Waals surface area contributed by atoms with E-state index in [-0.39, 0.29) is 0 Å². The van der Waals surface area contributed by atoms with Crippen LogP contribution in [-0.2, 0) is 6.42 Å². The van der Waals surface area contributed by atoms with Gasteiger partial charge >= 0.3 is 0 Å². The van der Waals surface area contributed by atoms with Crippen LogP contribution in [0.5, 0.6) is 0 Å². The van der Waals surface area contributed by atoms with E-state index in [9.17, 15) is 0 Å². The van der Waals surface area contributed by atoms with Crippen molar-refractivity contribution in [3.63, 3.8) is 0 Å². The van der Waals surface area contributed by atoms with Crippen molar-refractivity contribution in [3.8, 4) is 0 Å².